The minimum atomic E-state index is -0.249. The van der Waals surface area contributed by atoms with E-state index in [1.807, 2.05) is 23.1 Å². The normalized spacial score (nSPS) is 13.4. The number of carbonyl (C=O) groups excluding carboxylic acids is 2. The SMILES string of the molecule is CCCCOc1ccc(/C=C/C(=O)Nc2ccc(C(=O)N3CCCC3)cc2)cc1OC. The standard InChI is InChI=1S/C25H30N2O4/c1-3-4-17-31-22-13-7-19(18-23(22)30-2)8-14-24(28)26-21-11-9-20(10-12-21)25(29)27-15-5-6-16-27/h7-14,18H,3-6,15-17H2,1-2H3,(H,26,28)/b14-8+. The molecule has 1 aliphatic rings. The molecule has 31 heavy (non-hydrogen) atoms. The molecule has 1 heterocycles. The first-order valence-corrected chi connectivity index (χ1v) is 10.8. The molecule has 2 amide bonds. The molecule has 2 aromatic rings. The van der Waals surface area contributed by atoms with E-state index < -0.39 is 0 Å². The summed E-state index contributed by atoms with van der Waals surface area (Å²) in [5, 5.41) is 2.82. The number of hydrogen-bond acceptors (Lipinski definition) is 4. The van der Waals surface area contributed by atoms with Crippen molar-refractivity contribution in [2.75, 3.05) is 32.1 Å². The summed E-state index contributed by atoms with van der Waals surface area (Å²) >= 11 is 0. The van der Waals surface area contributed by atoms with Gasteiger partial charge in [0.25, 0.3) is 5.91 Å². The molecule has 164 valence electrons. The molecule has 6 heteroatoms. The molecule has 0 aliphatic carbocycles. The topological polar surface area (TPSA) is 67.9 Å². The van der Waals surface area contributed by atoms with Crippen molar-refractivity contribution in [2.24, 2.45) is 0 Å². The van der Waals surface area contributed by atoms with E-state index in [0.29, 0.717) is 29.4 Å². The second kappa shape index (κ2) is 11.2. The average Bonchev–Trinajstić information content (AvgIpc) is 3.33. The molecular formula is C25H30N2O4. The van der Waals surface area contributed by atoms with E-state index in [1.165, 1.54) is 6.08 Å². The van der Waals surface area contributed by atoms with Crippen molar-refractivity contribution in [3.8, 4) is 11.5 Å². The third-order valence-corrected chi connectivity index (χ3v) is 5.16. The lowest BCUT2D eigenvalue weighted by Crippen LogP contribution is -2.27. The van der Waals surface area contributed by atoms with Gasteiger partial charge in [-0.1, -0.05) is 19.4 Å². The molecule has 0 atom stereocenters. The molecule has 0 spiro atoms. The van der Waals surface area contributed by atoms with Gasteiger partial charge in [0.15, 0.2) is 11.5 Å². The summed E-state index contributed by atoms with van der Waals surface area (Å²) < 4.78 is 11.1. The quantitative estimate of drug-likeness (QED) is 0.467. The van der Waals surface area contributed by atoms with Crippen LogP contribution in [0.25, 0.3) is 6.08 Å². The van der Waals surface area contributed by atoms with Gasteiger partial charge in [-0.15, -0.1) is 0 Å². The third-order valence-electron chi connectivity index (χ3n) is 5.16. The second-order valence-corrected chi connectivity index (χ2v) is 7.51. The van der Waals surface area contributed by atoms with Crippen molar-refractivity contribution in [1.29, 1.82) is 0 Å². The van der Waals surface area contributed by atoms with Crippen LogP contribution in [0, 0.1) is 0 Å². The number of likely N-dealkylation sites (tertiary alicyclic amines) is 1. The Morgan fingerprint density at radius 1 is 1.06 bits per heavy atom. The molecule has 0 bridgehead atoms. The number of benzene rings is 2. The summed E-state index contributed by atoms with van der Waals surface area (Å²) in [6, 6.07) is 12.6. The van der Waals surface area contributed by atoms with Crippen molar-refractivity contribution in [1.82, 2.24) is 4.90 Å². The van der Waals surface area contributed by atoms with Gasteiger partial charge in [0, 0.05) is 30.4 Å². The molecule has 1 saturated heterocycles. The zero-order chi connectivity index (χ0) is 22.1. The first-order valence-electron chi connectivity index (χ1n) is 10.8. The Balaban J connectivity index is 1.56. The first kappa shape index (κ1) is 22.4. The molecule has 0 aromatic heterocycles. The zero-order valence-corrected chi connectivity index (χ0v) is 18.2. The van der Waals surface area contributed by atoms with E-state index in [1.54, 1.807) is 37.5 Å². The fraction of sp³-hybridized carbons (Fsp3) is 0.360. The number of unbranched alkanes of at least 4 members (excludes halogenated alkanes) is 1. The summed E-state index contributed by atoms with van der Waals surface area (Å²) in [5.41, 5.74) is 2.12. The highest BCUT2D eigenvalue weighted by molar-refractivity contribution is 6.02. The van der Waals surface area contributed by atoms with Gasteiger partial charge in [-0.3, -0.25) is 9.59 Å². The van der Waals surface area contributed by atoms with Crippen LogP contribution in [0.15, 0.2) is 48.5 Å². The van der Waals surface area contributed by atoms with Crippen LogP contribution in [-0.2, 0) is 4.79 Å². The largest absolute Gasteiger partial charge is 0.493 e. The molecule has 1 N–H and O–H groups in total. The minimum Gasteiger partial charge on any atom is -0.493 e. The van der Waals surface area contributed by atoms with Crippen LogP contribution in [0.5, 0.6) is 11.5 Å². The molecule has 6 nitrogen and oxygen atoms in total. The second-order valence-electron chi connectivity index (χ2n) is 7.51. The van der Waals surface area contributed by atoms with E-state index in [2.05, 4.69) is 12.2 Å². The van der Waals surface area contributed by atoms with Crippen LogP contribution in [0.4, 0.5) is 5.69 Å². The average molecular weight is 423 g/mol. The monoisotopic (exact) mass is 422 g/mol. The lowest BCUT2D eigenvalue weighted by Gasteiger charge is -2.15. The molecule has 0 radical (unpaired) electrons. The van der Waals surface area contributed by atoms with Crippen LogP contribution in [-0.4, -0.2) is 43.5 Å². The van der Waals surface area contributed by atoms with E-state index in [-0.39, 0.29) is 11.8 Å². The molecule has 1 aliphatic heterocycles. The number of nitrogens with one attached hydrogen (secondary N) is 1. The van der Waals surface area contributed by atoms with Crippen molar-refractivity contribution in [2.45, 2.75) is 32.6 Å². The Morgan fingerprint density at radius 3 is 2.48 bits per heavy atom. The number of nitrogens with zero attached hydrogens (tertiary/aromatic N) is 1. The molecule has 3 rings (SSSR count). The molecule has 0 unspecified atom stereocenters. The maximum Gasteiger partial charge on any atom is 0.253 e. The van der Waals surface area contributed by atoms with Gasteiger partial charge in [0.1, 0.15) is 0 Å². The molecular weight excluding hydrogens is 392 g/mol. The van der Waals surface area contributed by atoms with Crippen LogP contribution in [0.3, 0.4) is 0 Å². The van der Waals surface area contributed by atoms with Gasteiger partial charge in [0.2, 0.25) is 5.91 Å². The van der Waals surface area contributed by atoms with E-state index in [9.17, 15) is 9.59 Å². The first-order chi connectivity index (χ1) is 15.1. The summed E-state index contributed by atoms with van der Waals surface area (Å²) in [6.45, 7) is 4.40. The van der Waals surface area contributed by atoms with Gasteiger partial charge in [-0.25, -0.2) is 0 Å². The fourth-order valence-corrected chi connectivity index (χ4v) is 3.39. The highest BCUT2D eigenvalue weighted by Crippen LogP contribution is 2.28. The zero-order valence-electron chi connectivity index (χ0n) is 18.2. The Morgan fingerprint density at radius 2 is 1.81 bits per heavy atom. The van der Waals surface area contributed by atoms with E-state index in [4.69, 9.17) is 9.47 Å². The number of amides is 2. The van der Waals surface area contributed by atoms with E-state index >= 15 is 0 Å². The summed E-state index contributed by atoms with van der Waals surface area (Å²) in [5.74, 6) is 1.13. The number of methoxy groups -OCH3 is 1. The van der Waals surface area contributed by atoms with Gasteiger partial charge in [-0.2, -0.15) is 0 Å². The Hall–Kier alpha value is -3.28. The molecule has 0 saturated carbocycles. The van der Waals surface area contributed by atoms with E-state index in [0.717, 1.165) is 44.3 Å². The van der Waals surface area contributed by atoms with Crippen LogP contribution in [0.2, 0.25) is 0 Å². The Labute approximate surface area is 183 Å². The lowest BCUT2D eigenvalue weighted by atomic mass is 10.1. The molecule has 2 aromatic carbocycles. The fourth-order valence-electron chi connectivity index (χ4n) is 3.39. The van der Waals surface area contributed by atoms with Gasteiger partial charge in [-0.05, 0) is 67.3 Å². The summed E-state index contributed by atoms with van der Waals surface area (Å²) in [6.07, 6.45) is 7.36. The maximum absolute atomic E-state index is 12.4. The lowest BCUT2D eigenvalue weighted by molar-refractivity contribution is -0.111. The third kappa shape index (κ3) is 6.35. The van der Waals surface area contributed by atoms with Crippen molar-refractivity contribution in [3.63, 3.8) is 0 Å². The number of ether oxygens (including phenoxy) is 2. The summed E-state index contributed by atoms with van der Waals surface area (Å²) in [7, 11) is 1.60. The van der Waals surface area contributed by atoms with Crippen LogP contribution in [0.1, 0.15) is 48.5 Å². The summed E-state index contributed by atoms with van der Waals surface area (Å²) in [4.78, 5) is 26.5. The predicted molar refractivity (Wildman–Crippen MR) is 123 cm³/mol. The number of hydrogen-bond donors (Lipinski definition) is 1. The number of anilines is 1. The maximum atomic E-state index is 12.4. The van der Waals surface area contributed by atoms with Gasteiger partial charge >= 0.3 is 0 Å². The highest BCUT2D eigenvalue weighted by Gasteiger charge is 2.19. The smallest absolute Gasteiger partial charge is 0.253 e. The number of carbonyl (C=O) groups is 2. The highest BCUT2D eigenvalue weighted by atomic mass is 16.5. The van der Waals surface area contributed by atoms with Crippen LogP contribution < -0.4 is 14.8 Å². The van der Waals surface area contributed by atoms with Gasteiger partial charge in [0.05, 0.1) is 13.7 Å². The van der Waals surface area contributed by atoms with Gasteiger partial charge < -0.3 is 19.7 Å². The Kier molecular flexibility index (Phi) is 8.10. The van der Waals surface area contributed by atoms with Crippen LogP contribution >= 0.6 is 0 Å². The van der Waals surface area contributed by atoms with Crippen molar-refractivity contribution < 1.29 is 19.1 Å². The predicted octanol–water partition coefficient (Wildman–Crippen LogP) is 4.76. The van der Waals surface area contributed by atoms with Crippen molar-refractivity contribution >= 4 is 23.6 Å². The minimum absolute atomic E-state index is 0.0475. The Bertz CT molecular complexity index is 916. The van der Waals surface area contributed by atoms with Crippen molar-refractivity contribution in [3.05, 3.63) is 59.7 Å². The molecule has 1 fully saturated rings. The number of rotatable bonds is 9.